The van der Waals surface area contributed by atoms with E-state index in [1.165, 1.54) is 11.3 Å². The van der Waals surface area contributed by atoms with Gasteiger partial charge in [0.15, 0.2) is 0 Å². The number of benzene rings is 1. The predicted molar refractivity (Wildman–Crippen MR) is 87.3 cm³/mol. The number of nitrogens with one attached hydrogen (secondary N) is 1. The van der Waals surface area contributed by atoms with Crippen molar-refractivity contribution in [2.24, 2.45) is 5.92 Å². The number of methoxy groups -OCH3 is 1. The summed E-state index contributed by atoms with van der Waals surface area (Å²) in [4.78, 5) is 16.5. The summed E-state index contributed by atoms with van der Waals surface area (Å²) in [5, 5.41) is 14.5. The summed E-state index contributed by atoms with van der Waals surface area (Å²) in [6.45, 7) is 3.79. The van der Waals surface area contributed by atoms with E-state index in [4.69, 9.17) is 9.84 Å². The van der Waals surface area contributed by atoms with Crippen molar-refractivity contribution >= 4 is 17.2 Å². The molecule has 0 bridgehead atoms. The van der Waals surface area contributed by atoms with E-state index in [2.05, 4.69) is 10.3 Å². The van der Waals surface area contributed by atoms with Crippen molar-refractivity contribution in [2.75, 3.05) is 13.7 Å². The monoisotopic (exact) mass is 320 g/mol. The second-order valence-electron chi connectivity index (χ2n) is 5.19. The molecule has 0 saturated carbocycles. The molecule has 1 aromatic carbocycles. The molecule has 0 radical (unpaired) electrons. The van der Waals surface area contributed by atoms with Crippen LogP contribution in [0.25, 0.3) is 10.6 Å². The van der Waals surface area contributed by atoms with Crippen LogP contribution in [0.3, 0.4) is 0 Å². The highest BCUT2D eigenvalue weighted by molar-refractivity contribution is 7.13. The van der Waals surface area contributed by atoms with Crippen molar-refractivity contribution in [3.8, 4) is 16.3 Å². The van der Waals surface area contributed by atoms with Crippen LogP contribution in [0.15, 0.2) is 29.6 Å². The minimum absolute atomic E-state index is 0.00337. The SMILES string of the molecule is COc1ccc(-c2nc(C(=O)NC(C)C(C)CO)cs2)cc1. The predicted octanol–water partition coefficient (Wildman–Crippen LogP) is 2.57. The van der Waals surface area contributed by atoms with Gasteiger partial charge in [-0.3, -0.25) is 4.79 Å². The molecule has 2 N–H and O–H groups in total. The van der Waals surface area contributed by atoms with E-state index in [-0.39, 0.29) is 24.5 Å². The molecular formula is C16H20N2O3S. The van der Waals surface area contributed by atoms with Crippen LogP contribution < -0.4 is 10.1 Å². The van der Waals surface area contributed by atoms with E-state index in [0.717, 1.165) is 16.3 Å². The van der Waals surface area contributed by atoms with Crippen molar-refractivity contribution in [3.63, 3.8) is 0 Å². The molecule has 5 nitrogen and oxygen atoms in total. The molecule has 118 valence electrons. The number of nitrogens with zero attached hydrogens (tertiary/aromatic N) is 1. The first kappa shape index (κ1) is 16.5. The van der Waals surface area contributed by atoms with Crippen molar-refractivity contribution in [1.82, 2.24) is 10.3 Å². The molecule has 2 aromatic rings. The van der Waals surface area contributed by atoms with E-state index in [1.54, 1.807) is 12.5 Å². The molecule has 1 heterocycles. The van der Waals surface area contributed by atoms with Crippen molar-refractivity contribution < 1.29 is 14.6 Å². The van der Waals surface area contributed by atoms with E-state index in [0.29, 0.717) is 5.69 Å². The minimum atomic E-state index is -0.219. The first-order valence-corrected chi connectivity index (χ1v) is 7.94. The molecule has 2 atom stereocenters. The quantitative estimate of drug-likeness (QED) is 0.858. The third kappa shape index (κ3) is 3.84. The molecule has 0 aliphatic carbocycles. The maximum Gasteiger partial charge on any atom is 0.270 e. The summed E-state index contributed by atoms with van der Waals surface area (Å²) >= 11 is 1.42. The topological polar surface area (TPSA) is 71.5 Å². The molecule has 2 rings (SSSR count). The lowest BCUT2D eigenvalue weighted by Crippen LogP contribution is -2.38. The molecule has 6 heteroatoms. The van der Waals surface area contributed by atoms with Crippen LogP contribution in [0, 0.1) is 5.92 Å². The Morgan fingerprint density at radius 2 is 2.05 bits per heavy atom. The number of aliphatic hydroxyl groups excluding tert-OH is 1. The first-order chi connectivity index (χ1) is 10.5. The number of rotatable bonds is 6. The summed E-state index contributed by atoms with van der Waals surface area (Å²) in [5.74, 6) is 0.567. The van der Waals surface area contributed by atoms with Gasteiger partial charge < -0.3 is 15.2 Å². The number of carbonyl (C=O) groups is 1. The number of aromatic nitrogens is 1. The smallest absolute Gasteiger partial charge is 0.270 e. The van der Waals surface area contributed by atoms with Crippen LogP contribution in [0.2, 0.25) is 0 Å². The Bertz CT molecular complexity index is 625. The summed E-state index contributed by atoms with van der Waals surface area (Å²) in [6, 6.07) is 7.44. The largest absolute Gasteiger partial charge is 0.497 e. The van der Waals surface area contributed by atoms with Crippen LogP contribution in [0.4, 0.5) is 0 Å². The lowest BCUT2D eigenvalue weighted by molar-refractivity contribution is 0.0912. The van der Waals surface area contributed by atoms with Gasteiger partial charge in [0.05, 0.1) is 7.11 Å². The van der Waals surface area contributed by atoms with Gasteiger partial charge in [0.2, 0.25) is 0 Å². The highest BCUT2D eigenvalue weighted by atomic mass is 32.1. The zero-order valence-corrected chi connectivity index (χ0v) is 13.7. The van der Waals surface area contributed by atoms with Gasteiger partial charge in [0, 0.05) is 23.6 Å². The second-order valence-corrected chi connectivity index (χ2v) is 6.05. The highest BCUT2D eigenvalue weighted by Crippen LogP contribution is 2.25. The van der Waals surface area contributed by atoms with Crippen LogP contribution in [-0.4, -0.2) is 35.8 Å². The van der Waals surface area contributed by atoms with Crippen LogP contribution in [0.1, 0.15) is 24.3 Å². The number of ether oxygens (including phenoxy) is 1. The van der Waals surface area contributed by atoms with Crippen LogP contribution >= 0.6 is 11.3 Å². The fourth-order valence-electron chi connectivity index (χ4n) is 1.83. The molecule has 0 aliphatic heterocycles. The number of hydrogen-bond donors (Lipinski definition) is 2. The zero-order valence-electron chi connectivity index (χ0n) is 12.9. The Morgan fingerprint density at radius 3 is 2.64 bits per heavy atom. The third-order valence-electron chi connectivity index (χ3n) is 3.57. The molecule has 2 unspecified atom stereocenters. The van der Waals surface area contributed by atoms with Gasteiger partial charge in [-0.05, 0) is 37.1 Å². The normalized spacial score (nSPS) is 13.5. The van der Waals surface area contributed by atoms with Crippen molar-refractivity contribution in [1.29, 1.82) is 0 Å². The Balaban J connectivity index is 2.08. The van der Waals surface area contributed by atoms with Gasteiger partial charge in [-0.1, -0.05) is 6.92 Å². The summed E-state index contributed by atoms with van der Waals surface area (Å²) in [6.07, 6.45) is 0. The standard InChI is InChI=1S/C16H20N2O3S/c1-10(8-19)11(2)17-15(20)14-9-22-16(18-14)12-4-6-13(21-3)7-5-12/h4-7,9-11,19H,8H2,1-3H3,(H,17,20). The van der Waals surface area contributed by atoms with Gasteiger partial charge >= 0.3 is 0 Å². The molecule has 1 aromatic heterocycles. The molecule has 0 spiro atoms. The van der Waals surface area contributed by atoms with Gasteiger partial charge in [-0.2, -0.15) is 0 Å². The summed E-state index contributed by atoms with van der Waals surface area (Å²) < 4.78 is 5.12. The maximum absolute atomic E-state index is 12.2. The summed E-state index contributed by atoms with van der Waals surface area (Å²) in [5.41, 5.74) is 1.34. The third-order valence-corrected chi connectivity index (χ3v) is 4.47. The lowest BCUT2D eigenvalue weighted by atomic mass is 10.1. The van der Waals surface area contributed by atoms with Crippen molar-refractivity contribution in [2.45, 2.75) is 19.9 Å². The number of amides is 1. The summed E-state index contributed by atoms with van der Waals surface area (Å²) in [7, 11) is 1.62. The average molecular weight is 320 g/mol. The fourth-order valence-corrected chi connectivity index (χ4v) is 2.63. The second kappa shape index (κ2) is 7.38. The van der Waals surface area contributed by atoms with Gasteiger partial charge in [0.25, 0.3) is 5.91 Å². The Kier molecular flexibility index (Phi) is 5.51. The Labute approximate surface area is 134 Å². The number of carbonyl (C=O) groups excluding carboxylic acids is 1. The van der Waals surface area contributed by atoms with E-state index in [9.17, 15) is 4.79 Å². The molecule has 22 heavy (non-hydrogen) atoms. The highest BCUT2D eigenvalue weighted by Gasteiger charge is 2.17. The fraction of sp³-hybridized carbons (Fsp3) is 0.375. The van der Waals surface area contributed by atoms with Gasteiger partial charge in [0.1, 0.15) is 16.5 Å². The van der Waals surface area contributed by atoms with Gasteiger partial charge in [-0.15, -0.1) is 11.3 Å². The van der Waals surface area contributed by atoms with E-state index >= 15 is 0 Å². The molecule has 0 saturated heterocycles. The number of aliphatic hydroxyl groups is 1. The molecular weight excluding hydrogens is 300 g/mol. The Hall–Kier alpha value is -1.92. The lowest BCUT2D eigenvalue weighted by Gasteiger charge is -2.18. The van der Waals surface area contributed by atoms with E-state index < -0.39 is 0 Å². The first-order valence-electron chi connectivity index (χ1n) is 7.06. The van der Waals surface area contributed by atoms with Crippen LogP contribution in [0.5, 0.6) is 5.75 Å². The minimum Gasteiger partial charge on any atom is -0.497 e. The number of hydrogen-bond acceptors (Lipinski definition) is 5. The number of thiazole rings is 1. The van der Waals surface area contributed by atoms with Gasteiger partial charge in [-0.25, -0.2) is 4.98 Å². The zero-order chi connectivity index (χ0) is 16.1. The molecule has 1 amide bonds. The Morgan fingerprint density at radius 1 is 1.36 bits per heavy atom. The van der Waals surface area contributed by atoms with Crippen molar-refractivity contribution in [3.05, 3.63) is 35.3 Å². The molecule has 0 aliphatic rings. The average Bonchev–Trinajstić information content (AvgIpc) is 3.04. The van der Waals surface area contributed by atoms with E-state index in [1.807, 2.05) is 38.1 Å². The molecule has 0 fully saturated rings. The van der Waals surface area contributed by atoms with Crippen LogP contribution in [-0.2, 0) is 0 Å². The maximum atomic E-state index is 12.2.